The lowest BCUT2D eigenvalue weighted by Gasteiger charge is -2.08. The monoisotopic (exact) mass is 254 g/mol. The van der Waals surface area contributed by atoms with E-state index in [0.717, 1.165) is 6.07 Å². The van der Waals surface area contributed by atoms with E-state index in [1.807, 2.05) is 0 Å². The van der Waals surface area contributed by atoms with E-state index >= 15 is 0 Å². The Morgan fingerprint density at radius 2 is 2.06 bits per heavy atom. The number of nitrogens with one attached hydrogen (secondary N) is 1. The lowest BCUT2D eigenvalue weighted by molar-refractivity contribution is 0.103. The first kappa shape index (κ1) is 11.5. The molecule has 0 bridgehead atoms. The van der Waals surface area contributed by atoms with Gasteiger partial charge >= 0.3 is 0 Å². The summed E-state index contributed by atoms with van der Waals surface area (Å²) < 4.78 is 26.4. The summed E-state index contributed by atoms with van der Waals surface area (Å²) in [6.07, 6.45) is 0. The van der Waals surface area contributed by atoms with Gasteiger partial charge in [-0.15, -0.1) is 11.3 Å². The molecule has 0 saturated heterocycles. The van der Waals surface area contributed by atoms with Gasteiger partial charge in [-0.2, -0.15) is 0 Å². The Bertz CT molecular complexity index is 555. The second-order valence-electron chi connectivity index (χ2n) is 3.26. The van der Waals surface area contributed by atoms with Gasteiger partial charge in [0.2, 0.25) is 0 Å². The number of nitrogen functional groups attached to an aromatic ring is 1. The highest BCUT2D eigenvalue weighted by Gasteiger charge is 2.15. The fraction of sp³-hybridized carbons (Fsp3) is 0. The maximum absolute atomic E-state index is 13.4. The Hall–Kier alpha value is -1.95. The lowest BCUT2D eigenvalue weighted by Crippen LogP contribution is -2.13. The Kier molecular flexibility index (Phi) is 3.06. The summed E-state index contributed by atoms with van der Waals surface area (Å²) in [6.45, 7) is 0. The fourth-order valence-electron chi connectivity index (χ4n) is 1.28. The van der Waals surface area contributed by atoms with Crippen molar-refractivity contribution >= 4 is 28.6 Å². The van der Waals surface area contributed by atoms with E-state index < -0.39 is 17.5 Å². The van der Waals surface area contributed by atoms with Crippen LogP contribution in [0.4, 0.5) is 20.2 Å². The second kappa shape index (κ2) is 4.50. The predicted octanol–water partition coefficient (Wildman–Crippen LogP) is 2.86. The number of hydrogen-bond acceptors (Lipinski definition) is 3. The average Bonchev–Trinajstić information content (AvgIpc) is 2.83. The smallest absolute Gasteiger partial charge is 0.265 e. The molecule has 0 aliphatic heterocycles. The van der Waals surface area contributed by atoms with Gasteiger partial charge in [-0.1, -0.05) is 6.07 Å². The predicted molar refractivity (Wildman–Crippen MR) is 63.0 cm³/mol. The van der Waals surface area contributed by atoms with E-state index in [1.165, 1.54) is 17.4 Å². The molecule has 0 fully saturated rings. The quantitative estimate of drug-likeness (QED) is 0.810. The van der Waals surface area contributed by atoms with Gasteiger partial charge < -0.3 is 11.1 Å². The van der Waals surface area contributed by atoms with Crippen LogP contribution in [0.1, 0.15) is 9.67 Å². The SMILES string of the molecule is Nc1ccc(F)c(F)c1NC(=O)c1cccs1. The molecule has 2 rings (SSSR count). The van der Waals surface area contributed by atoms with Crippen LogP contribution in [-0.2, 0) is 0 Å². The molecule has 1 amide bonds. The van der Waals surface area contributed by atoms with Crippen molar-refractivity contribution in [2.45, 2.75) is 0 Å². The molecule has 2 aromatic rings. The molecule has 0 unspecified atom stereocenters. The number of hydrogen-bond donors (Lipinski definition) is 2. The fourth-order valence-corrected chi connectivity index (χ4v) is 1.89. The molecule has 1 aromatic heterocycles. The normalized spacial score (nSPS) is 10.2. The van der Waals surface area contributed by atoms with E-state index in [4.69, 9.17) is 5.73 Å². The molecule has 1 heterocycles. The van der Waals surface area contributed by atoms with Crippen LogP contribution in [0.15, 0.2) is 29.6 Å². The topological polar surface area (TPSA) is 55.1 Å². The van der Waals surface area contributed by atoms with E-state index in [1.54, 1.807) is 17.5 Å². The van der Waals surface area contributed by atoms with Gasteiger partial charge in [-0.05, 0) is 23.6 Å². The number of thiophene rings is 1. The molecule has 0 aliphatic rings. The molecular formula is C11H8F2N2OS. The van der Waals surface area contributed by atoms with E-state index in [0.29, 0.717) is 4.88 Å². The van der Waals surface area contributed by atoms with Gasteiger partial charge in [-0.25, -0.2) is 8.78 Å². The Balaban J connectivity index is 2.31. The van der Waals surface area contributed by atoms with Gasteiger partial charge in [0.05, 0.1) is 10.6 Å². The number of anilines is 2. The van der Waals surface area contributed by atoms with Crippen LogP contribution < -0.4 is 11.1 Å². The van der Waals surface area contributed by atoms with Crippen LogP contribution >= 0.6 is 11.3 Å². The summed E-state index contributed by atoms with van der Waals surface area (Å²) in [5, 5.41) is 3.96. The van der Waals surface area contributed by atoms with Gasteiger partial charge in [0.15, 0.2) is 11.6 Å². The minimum atomic E-state index is -1.16. The van der Waals surface area contributed by atoms with Crippen molar-refractivity contribution in [3.63, 3.8) is 0 Å². The van der Waals surface area contributed by atoms with E-state index in [9.17, 15) is 13.6 Å². The van der Waals surface area contributed by atoms with E-state index in [2.05, 4.69) is 5.32 Å². The summed E-state index contributed by atoms with van der Waals surface area (Å²) in [7, 11) is 0. The molecule has 0 spiro atoms. The maximum Gasteiger partial charge on any atom is 0.265 e. The van der Waals surface area contributed by atoms with Crippen LogP contribution in [-0.4, -0.2) is 5.91 Å². The molecule has 17 heavy (non-hydrogen) atoms. The minimum Gasteiger partial charge on any atom is -0.397 e. The molecule has 0 radical (unpaired) electrons. The van der Waals surface area contributed by atoms with Crippen LogP contribution in [0.5, 0.6) is 0 Å². The average molecular weight is 254 g/mol. The van der Waals surface area contributed by atoms with Gasteiger partial charge in [0, 0.05) is 0 Å². The largest absolute Gasteiger partial charge is 0.397 e. The van der Waals surface area contributed by atoms with Crippen molar-refractivity contribution in [1.29, 1.82) is 0 Å². The second-order valence-corrected chi connectivity index (χ2v) is 4.20. The van der Waals surface area contributed by atoms with Crippen LogP contribution in [0.25, 0.3) is 0 Å². The zero-order valence-corrected chi connectivity index (χ0v) is 9.35. The van der Waals surface area contributed by atoms with E-state index in [-0.39, 0.29) is 11.4 Å². The lowest BCUT2D eigenvalue weighted by atomic mass is 10.2. The van der Waals surface area contributed by atoms with Gasteiger partial charge in [-0.3, -0.25) is 4.79 Å². The zero-order chi connectivity index (χ0) is 12.4. The molecular weight excluding hydrogens is 246 g/mol. The molecule has 0 saturated carbocycles. The van der Waals surface area contributed by atoms with Crippen molar-refractivity contribution in [3.05, 3.63) is 46.2 Å². The molecule has 0 aliphatic carbocycles. The Morgan fingerprint density at radius 3 is 2.71 bits per heavy atom. The van der Waals surface area contributed by atoms with Crippen molar-refractivity contribution in [2.75, 3.05) is 11.1 Å². The third kappa shape index (κ3) is 2.26. The highest BCUT2D eigenvalue weighted by atomic mass is 32.1. The van der Waals surface area contributed by atoms with Crippen LogP contribution in [0, 0.1) is 11.6 Å². The summed E-state index contributed by atoms with van der Waals surface area (Å²) in [4.78, 5) is 12.0. The van der Waals surface area contributed by atoms with Crippen molar-refractivity contribution < 1.29 is 13.6 Å². The number of carbonyl (C=O) groups is 1. The standard InChI is InChI=1S/C11H8F2N2OS/c12-6-3-4-7(14)10(9(6)13)15-11(16)8-2-1-5-17-8/h1-5H,14H2,(H,15,16). The number of carbonyl (C=O) groups excluding carboxylic acids is 1. The number of amides is 1. The molecule has 3 N–H and O–H groups in total. The van der Waals surface area contributed by atoms with Gasteiger partial charge in [0.1, 0.15) is 5.69 Å². The Morgan fingerprint density at radius 1 is 1.29 bits per heavy atom. The molecule has 6 heteroatoms. The number of rotatable bonds is 2. The van der Waals surface area contributed by atoms with Crippen LogP contribution in [0.3, 0.4) is 0 Å². The first-order valence-corrected chi connectivity index (χ1v) is 5.56. The first-order valence-electron chi connectivity index (χ1n) is 4.68. The third-order valence-electron chi connectivity index (χ3n) is 2.11. The van der Waals surface area contributed by atoms with Crippen molar-refractivity contribution in [2.24, 2.45) is 0 Å². The Labute approximate surface area is 99.9 Å². The highest BCUT2D eigenvalue weighted by molar-refractivity contribution is 7.12. The molecule has 0 atom stereocenters. The van der Waals surface area contributed by atoms with Crippen molar-refractivity contribution in [1.82, 2.24) is 0 Å². The van der Waals surface area contributed by atoms with Gasteiger partial charge in [0.25, 0.3) is 5.91 Å². The molecule has 88 valence electrons. The minimum absolute atomic E-state index is 0.0196. The van der Waals surface area contributed by atoms with Crippen molar-refractivity contribution in [3.8, 4) is 0 Å². The number of halogens is 2. The first-order chi connectivity index (χ1) is 8.09. The number of benzene rings is 1. The van der Waals surface area contributed by atoms with Crippen LogP contribution in [0.2, 0.25) is 0 Å². The highest BCUT2D eigenvalue weighted by Crippen LogP contribution is 2.25. The maximum atomic E-state index is 13.4. The summed E-state index contributed by atoms with van der Waals surface area (Å²) >= 11 is 1.20. The molecule has 1 aromatic carbocycles. The summed E-state index contributed by atoms with van der Waals surface area (Å²) in [6, 6.07) is 5.37. The zero-order valence-electron chi connectivity index (χ0n) is 8.54. The summed E-state index contributed by atoms with van der Waals surface area (Å²) in [5.41, 5.74) is 5.12. The third-order valence-corrected chi connectivity index (χ3v) is 2.98. The molecule has 3 nitrogen and oxygen atoms in total. The summed E-state index contributed by atoms with van der Waals surface area (Å²) in [5.74, 6) is -2.73. The number of nitrogens with two attached hydrogens (primary N) is 1.